The lowest BCUT2D eigenvalue weighted by molar-refractivity contribution is -0.129. The number of carbonyl (C=O) groups excluding carboxylic acids is 1. The fourth-order valence-corrected chi connectivity index (χ4v) is 1.94. The van der Waals surface area contributed by atoms with E-state index in [1.807, 2.05) is 23.1 Å². The zero-order valence-electron chi connectivity index (χ0n) is 8.59. The van der Waals surface area contributed by atoms with Crippen molar-refractivity contribution in [2.24, 2.45) is 0 Å². The second-order valence-electron chi connectivity index (χ2n) is 3.67. The molecule has 4 heteroatoms. The fourth-order valence-electron chi connectivity index (χ4n) is 1.74. The predicted molar refractivity (Wildman–Crippen MR) is 61.0 cm³/mol. The molecule has 0 spiro atoms. The Morgan fingerprint density at radius 3 is 3.07 bits per heavy atom. The monoisotopic (exact) mass is 224 g/mol. The Morgan fingerprint density at radius 2 is 2.33 bits per heavy atom. The van der Waals surface area contributed by atoms with E-state index in [-0.39, 0.29) is 5.91 Å². The normalized spacial score (nSPS) is 15.2. The van der Waals surface area contributed by atoms with Gasteiger partial charge in [0, 0.05) is 37.3 Å². The Kier molecular flexibility index (Phi) is 2.82. The summed E-state index contributed by atoms with van der Waals surface area (Å²) in [5.74, 6) is 0.102. The van der Waals surface area contributed by atoms with Crippen molar-refractivity contribution in [3.63, 3.8) is 0 Å². The van der Waals surface area contributed by atoms with Crippen LogP contribution in [-0.4, -0.2) is 23.9 Å². The SMILES string of the molecule is CC(=O)N1CCNc2ccc(Cl)cc2C1. The zero-order chi connectivity index (χ0) is 10.8. The Morgan fingerprint density at radius 1 is 1.53 bits per heavy atom. The van der Waals surface area contributed by atoms with E-state index < -0.39 is 0 Å². The van der Waals surface area contributed by atoms with Gasteiger partial charge in [-0.1, -0.05) is 11.6 Å². The van der Waals surface area contributed by atoms with Crippen LogP contribution in [0.4, 0.5) is 5.69 Å². The highest BCUT2D eigenvalue weighted by atomic mass is 35.5. The number of nitrogens with one attached hydrogen (secondary N) is 1. The Hall–Kier alpha value is -1.22. The molecule has 1 N–H and O–H groups in total. The van der Waals surface area contributed by atoms with Crippen molar-refractivity contribution in [3.05, 3.63) is 28.8 Å². The quantitative estimate of drug-likeness (QED) is 0.732. The van der Waals surface area contributed by atoms with Crippen molar-refractivity contribution in [1.29, 1.82) is 0 Å². The molecule has 1 heterocycles. The Balaban J connectivity index is 2.31. The van der Waals surface area contributed by atoms with E-state index in [1.165, 1.54) is 0 Å². The van der Waals surface area contributed by atoms with E-state index in [0.29, 0.717) is 11.6 Å². The molecule has 1 amide bonds. The molecule has 0 unspecified atom stereocenters. The van der Waals surface area contributed by atoms with Crippen LogP contribution in [0, 0.1) is 0 Å². The molecule has 0 bridgehead atoms. The summed E-state index contributed by atoms with van der Waals surface area (Å²) in [7, 11) is 0. The van der Waals surface area contributed by atoms with Gasteiger partial charge in [-0.2, -0.15) is 0 Å². The number of halogens is 1. The van der Waals surface area contributed by atoms with Crippen LogP contribution in [0.1, 0.15) is 12.5 Å². The topological polar surface area (TPSA) is 32.3 Å². The lowest BCUT2D eigenvalue weighted by Crippen LogP contribution is -2.30. The highest BCUT2D eigenvalue weighted by Crippen LogP contribution is 2.23. The number of benzene rings is 1. The first-order valence-electron chi connectivity index (χ1n) is 4.94. The summed E-state index contributed by atoms with van der Waals surface area (Å²) in [6, 6.07) is 5.73. The molecule has 0 atom stereocenters. The first-order chi connectivity index (χ1) is 7.16. The Labute approximate surface area is 94.0 Å². The van der Waals surface area contributed by atoms with Crippen LogP contribution < -0.4 is 5.32 Å². The highest BCUT2D eigenvalue weighted by molar-refractivity contribution is 6.30. The maximum absolute atomic E-state index is 11.3. The molecule has 15 heavy (non-hydrogen) atoms. The van der Waals surface area contributed by atoms with E-state index >= 15 is 0 Å². The lowest BCUT2D eigenvalue weighted by atomic mass is 10.1. The molecule has 0 aromatic heterocycles. The minimum atomic E-state index is 0.102. The van der Waals surface area contributed by atoms with Crippen LogP contribution in [0.25, 0.3) is 0 Å². The third-order valence-corrected chi connectivity index (χ3v) is 2.81. The molecule has 0 radical (unpaired) electrons. The molecule has 80 valence electrons. The maximum atomic E-state index is 11.3. The second kappa shape index (κ2) is 4.11. The van der Waals surface area contributed by atoms with Gasteiger partial charge in [-0.3, -0.25) is 4.79 Å². The van der Waals surface area contributed by atoms with E-state index in [2.05, 4.69) is 5.32 Å². The van der Waals surface area contributed by atoms with Gasteiger partial charge in [-0.05, 0) is 23.8 Å². The van der Waals surface area contributed by atoms with Gasteiger partial charge in [0.25, 0.3) is 0 Å². The van der Waals surface area contributed by atoms with Gasteiger partial charge < -0.3 is 10.2 Å². The summed E-state index contributed by atoms with van der Waals surface area (Å²) in [6.07, 6.45) is 0. The van der Waals surface area contributed by atoms with Gasteiger partial charge in [0.15, 0.2) is 0 Å². The molecular weight excluding hydrogens is 212 g/mol. The largest absolute Gasteiger partial charge is 0.383 e. The van der Waals surface area contributed by atoms with E-state index in [4.69, 9.17) is 11.6 Å². The number of hydrogen-bond donors (Lipinski definition) is 1. The summed E-state index contributed by atoms with van der Waals surface area (Å²) in [5, 5.41) is 3.99. The van der Waals surface area contributed by atoms with Crippen molar-refractivity contribution < 1.29 is 4.79 Å². The van der Waals surface area contributed by atoms with Crippen molar-refractivity contribution in [2.75, 3.05) is 18.4 Å². The van der Waals surface area contributed by atoms with Gasteiger partial charge in [-0.15, -0.1) is 0 Å². The van der Waals surface area contributed by atoms with Crippen LogP contribution >= 0.6 is 11.6 Å². The van der Waals surface area contributed by atoms with E-state index in [0.717, 1.165) is 24.3 Å². The number of amides is 1. The van der Waals surface area contributed by atoms with E-state index in [1.54, 1.807) is 6.92 Å². The summed E-state index contributed by atoms with van der Waals surface area (Å²) < 4.78 is 0. The van der Waals surface area contributed by atoms with Crippen LogP contribution in [0.2, 0.25) is 5.02 Å². The number of carbonyl (C=O) groups is 1. The average molecular weight is 225 g/mol. The number of rotatable bonds is 0. The first kappa shape index (κ1) is 10.3. The number of nitrogens with zero attached hydrogens (tertiary/aromatic N) is 1. The van der Waals surface area contributed by atoms with Gasteiger partial charge >= 0.3 is 0 Å². The van der Waals surface area contributed by atoms with Gasteiger partial charge in [0.2, 0.25) is 5.91 Å². The molecule has 0 saturated carbocycles. The molecule has 1 aliphatic heterocycles. The Bertz CT molecular complexity index is 392. The lowest BCUT2D eigenvalue weighted by Gasteiger charge is -2.17. The van der Waals surface area contributed by atoms with Gasteiger partial charge in [-0.25, -0.2) is 0 Å². The molecule has 0 saturated heterocycles. The molecule has 3 nitrogen and oxygen atoms in total. The van der Waals surface area contributed by atoms with Crippen LogP contribution in [0.3, 0.4) is 0 Å². The predicted octanol–water partition coefficient (Wildman–Crippen LogP) is 2.11. The minimum absolute atomic E-state index is 0.102. The highest BCUT2D eigenvalue weighted by Gasteiger charge is 2.15. The van der Waals surface area contributed by atoms with Crippen molar-refractivity contribution in [1.82, 2.24) is 4.90 Å². The van der Waals surface area contributed by atoms with E-state index in [9.17, 15) is 4.79 Å². The summed E-state index contributed by atoms with van der Waals surface area (Å²) in [5.41, 5.74) is 2.15. The van der Waals surface area contributed by atoms with Crippen LogP contribution in [-0.2, 0) is 11.3 Å². The van der Waals surface area contributed by atoms with Gasteiger partial charge in [0.1, 0.15) is 0 Å². The average Bonchev–Trinajstić information content (AvgIpc) is 2.39. The maximum Gasteiger partial charge on any atom is 0.219 e. The fraction of sp³-hybridized carbons (Fsp3) is 0.364. The van der Waals surface area contributed by atoms with Gasteiger partial charge in [0.05, 0.1) is 0 Å². The molecule has 1 aliphatic rings. The van der Waals surface area contributed by atoms with Crippen molar-refractivity contribution in [2.45, 2.75) is 13.5 Å². The zero-order valence-corrected chi connectivity index (χ0v) is 9.34. The minimum Gasteiger partial charge on any atom is -0.383 e. The summed E-state index contributed by atoms with van der Waals surface area (Å²) in [4.78, 5) is 13.1. The first-order valence-corrected chi connectivity index (χ1v) is 5.32. The number of hydrogen-bond acceptors (Lipinski definition) is 2. The number of fused-ring (bicyclic) bond motifs is 1. The third kappa shape index (κ3) is 2.23. The smallest absolute Gasteiger partial charge is 0.219 e. The standard InChI is InChI=1S/C11H13ClN2O/c1-8(15)14-5-4-13-11-3-2-10(12)6-9(11)7-14/h2-3,6,13H,4-5,7H2,1H3. The van der Waals surface area contributed by atoms with Crippen molar-refractivity contribution in [3.8, 4) is 0 Å². The molecule has 0 aliphatic carbocycles. The molecule has 2 rings (SSSR count). The molecule has 1 aromatic rings. The summed E-state index contributed by atoms with van der Waals surface area (Å²) in [6.45, 7) is 3.75. The van der Waals surface area contributed by atoms with Crippen molar-refractivity contribution >= 4 is 23.2 Å². The third-order valence-electron chi connectivity index (χ3n) is 2.57. The number of anilines is 1. The van der Waals surface area contributed by atoms with Crippen LogP contribution in [0.5, 0.6) is 0 Å². The molecular formula is C11H13ClN2O. The molecule has 0 fully saturated rings. The molecule has 1 aromatic carbocycles. The summed E-state index contributed by atoms with van der Waals surface area (Å²) >= 11 is 5.93. The van der Waals surface area contributed by atoms with Crippen LogP contribution in [0.15, 0.2) is 18.2 Å². The second-order valence-corrected chi connectivity index (χ2v) is 4.11.